The molecule has 0 saturated carbocycles. The zero-order valence-electron chi connectivity index (χ0n) is 9.43. The lowest BCUT2D eigenvalue weighted by atomic mass is 10.2. The van der Waals surface area contributed by atoms with Crippen LogP contribution in [0.2, 0.25) is 0 Å². The third-order valence-electron chi connectivity index (χ3n) is 2.50. The Balaban J connectivity index is 2.14. The van der Waals surface area contributed by atoms with Gasteiger partial charge in [-0.3, -0.25) is 0 Å². The number of nitrogens with one attached hydrogen (secondary N) is 1. The van der Waals surface area contributed by atoms with Crippen LogP contribution in [0, 0.1) is 0 Å². The smallest absolute Gasteiger partial charge is 0.243 e. The third-order valence-corrected chi connectivity index (χ3v) is 2.50. The Hall–Kier alpha value is -1.62. The zero-order chi connectivity index (χ0) is 11.4. The molecule has 0 amide bonds. The first-order valence-corrected chi connectivity index (χ1v) is 5.61. The fourth-order valence-corrected chi connectivity index (χ4v) is 1.67. The molecule has 2 aromatic heterocycles. The number of nitrogens with two attached hydrogens (primary N) is 1. The minimum absolute atomic E-state index is 0.252. The second kappa shape index (κ2) is 4.94. The van der Waals surface area contributed by atoms with Gasteiger partial charge in [-0.05, 0) is 18.6 Å². The number of nitrogens with zero attached hydrogens (tertiary/aromatic N) is 3. The van der Waals surface area contributed by atoms with Crippen molar-refractivity contribution in [2.24, 2.45) is 5.73 Å². The van der Waals surface area contributed by atoms with Gasteiger partial charge in [-0.1, -0.05) is 19.4 Å². The van der Waals surface area contributed by atoms with E-state index in [9.17, 15) is 0 Å². The molecule has 0 bridgehead atoms. The molecule has 0 aliphatic heterocycles. The lowest BCUT2D eigenvalue weighted by Gasteiger charge is -2.13. The Bertz CT molecular complexity index is 417. The Morgan fingerprint density at radius 1 is 1.50 bits per heavy atom. The molecule has 0 aliphatic carbocycles. The molecule has 0 spiro atoms. The van der Waals surface area contributed by atoms with Gasteiger partial charge in [0.2, 0.25) is 5.95 Å². The summed E-state index contributed by atoms with van der Waals surface area (Å²) in [7, 11) is 0. The third kappa shape index (κ3) is 2.30. The number of hydrogen-bond acceptors (Lipinski definition) is 4. The molecule has 5 nitrogen and oxygen atoms in total. The van der Waals surface area contributed by atoms with Crippen LogP contribution in [0.3, 0.4) is 0 Å². The number of aromatic nitrogens is 3. The number of fused-ring (bicyclic) bond motifs is 1. The summed E-state index contributed by atoms with van der Waals surface area (Å²) >= 11 is 0. The van der Waals surface area contributed by atoms with Crippen molar-refractivity contribution in [2.45, 2.75) is 25.8 Å². The Kier molecular flexibility index (Phi) is 3.36. The van der Waals surface area contributed by atoms with Crippen LogP contribution in [-0.2, 0) is 0 Å². The van der Waals surface area contributed by atoms with Crippen LogP contribution < -0.4 is 11.1 Å². The van der Waals surface area contributed by atoms with Crippen LogP contribution in [0.1, 0.15) is 19.8 Å². The highest BCUT2D eigenvalue weighted by Gasteiger charge is 2.08. The van der Waals surface area contributed by atoms with E-state index in [1.54, 1.807) is 4.52 Å². The van der Waals surface area contributed by atoms with E-state index in [4.69, 9.17) is 5.73 Å². The van der Waals surface area contributed by atoms with Gasteiger partial charge in [-0.15, -0.1) is 5.10 Å². The number of anilines is 1. The molecule has 3 N–H and O–H groups in total. The van der Waals surface area contributed by atoms with Gasteiger partial charge < -0.3 is 11.1 Å². The van der Waals surface area contributed by atoms with Gasteiger partial charge in [0.05, 0.1) is 0 Å². The van der Waals surface area contributed by atoms with Crippen molar-refractivity contribution in [3.63, 3.8) is 0 Å². The predicted molar refractivity (Wildman–Crippen MR) is 64.4 cm³/mol. The quantitative estimate of drug-likeness (QED) is 0.794. The Morgan fingerprint density at radius 3 is 3.06 bits per heavy atom. The van der Waals surface area contributed by atoms with Gasteiger partial charge in [0.1, 0.15) is 0 Å². The molecule has 1 atom stereocenters. The minimum atomic E-state index is 0.252. The summed E-state index contributed by atoms with van der Waals surface area (Å²) in [6, 6.07) is 6.05. The molecule has 0 aromatic carbocycles. The van der Waals surface area contributed by atoms with E-state index in [-0.39, 0.29) is 6.04 Å². The van der Waals surface area contributed by atoms with Crippen molar-refractivity contribution < 1.29 is 0 Å². The van der Waals surface area contributed by atoms with Crippen molar-refractivity contribution in [3.8, 4) is 0 Å². The molecule has 0 saturated heterocycles. The second-order valence-electron chi connectivity index (χ2n) is 3.80. The predicted octanol–water partition coefficient (Wildman–Crippen LogP) is 1.27. The van der Waals surface area contributed by atoms with Crippen LogP contribution >= 0.6 is 0 Å². The van der Waals surface area contributed by atoms with E-state index in [1.165, 1.54) is 0 Å². The van der Waals surface area contributed by atoms with Crippen LogP contribution in [0.5, 0.6) is 0 Å². The normalized spacial score (nSPS) is 12.9. The molecule has 0 fully saturated rings. The first-order valence-electron chi connectivity index (χ1n) is 5.61. The molecule has 0 aliphatic rings. The Labute approximate surface area is 94.7 Å². The number of hydrogen-bond donors (Lipinski definition) is 2. The fraction of sp³-hybridized carbons (Fsp3) is 0.455. The minimum Gasteiger partial charge on any atom is -0.349 e. The van der Waals surface area contributed by atoms with E-state index in [0.29, 0.717) is 12.5 Å². The highest BCUT2D eigenvalue weighted by atomic mass is 15.3. The molecular formula is C11H17N5. The summed E-state index contributed by atoms with van der Waals surface area (Å²) in [5.41, 5.74) is 6.52. The molecule has 2 heterocycles. The summed E-state index contributed by atoms with van der Waals surface area (Å²) < 4.78 is 1.75. The second-order valence-corrected chi connectivity index (χ2v) is 3.80. The van der Waals surface area contributed by atoms with Gasteiger partial charge in [0.15, 0.2) is 5.65 Å². The van der Waals surface area contributed by atoms with E-state index in [1.807, 2.05) is 24.4 Å². The van der Waals surface area contributed by atoms with Crippen LogP contribution in [-0.4, -0.2) is 27.2 Å². The molecule has 2 rings (SSSR count). The van der Waals surface area contributed by atoms with Crippen LogP contribution in [0.15, 0.2) is 24.4 Å². The largest absolute Gasteiger partial charge is 0.349 e. The van der Waals surface area contributed by atoms with E-state index in [0.717, 1.165) is 18.5 Å². The van der Waals surface area contributed by atoms with Gasteiger partial charge in [-0.25, -0.2) is 4.52 Å². The van der Waals surface area contributed by atoms with Crippen molar-refractivity contribution >= 4 is 11.6 Å². The maximum atomic E-state index is 5.68. The molecule has 86 valence electrons. The Morgan fingerprint density at radius 2 is 2.38 bits per heavy atom. The molecule has 2 aromatic rings. The van der Waals surface area contributed by atoms with Crippen molar-refractivity contribution in [3.05, 3.63) is 24.4 Å². The molecular weight excluding hydrogens is 202 g/mol. The van der Waals surface area contributed by atoms with E-state index < -0.39 is 0 Å². The fourth-order valence-electron chi connectivity index (χ4n) is 1.67. The standard InChI is InChI=1S/C11H17N5/c1-2-5-9(8-12)13-11-14-10-6-3-4-7-16(10)15-11/h3-4,6-7,9H,2,5,8,12H2,1H3,(H,13,15). The highest BCUT2D eigenvalue weighted by Crippen LogP contribution is 2.07. The van der Waals surface area contributed by atoms with Gasteiger partial charge in [0.25, 0.3) is 0 Å². The van der Waals surface area contributed by atoms with E-state index in [2.05, 4.69) is 22.3 Å². The van der Waals surface area contributed by atoms with Crippen molar-refractivity contribution in [1.82, 2.24) is 14.6 Å². The molecule has 5 heteroatoms. The van der Waals surface area contributed by atoms with Crippen molar-refractivity contribution in [2.75, 3.05) is 11.9 Å². The van der Waals surface area contributed by atoms with Gasteiger partial charge >= 0.3 is 0 Å². The molecule has 1 unspecified atom stereocenters. The topological polar surface area (TPSA) is 68.2 Å². The average Bonchev–Trinajstić information content (AvgIpc) is 2.70. The monoisotopic (exact) mass is 219 g/mol. The summed E-state index contributed by atoms with van der Waals surface area (Å²) in [5.74, 6) is 0.648. The van der Waals surface area contributed by atoms with Crippen LogP contribution in [0.25, 0.3) is 5.65 Å². The van der Waals surface area contributed by atoms with Gasteiger partial charge in [0, 0.05) is 18.8 Å². The zero-order valence-corrected chi connectivity index (χ0v) is 9.43. The summed E-state index contributed by atoms with van der Waals surface area (Å²) in [5, 5.41) is 7.57. The first kappa shape index (κ1) is 10.9. The lowest BCUT2D eigenvalue weighted by Crippen LogP contribution is -2.29. The lowest BCUT2D eigenvalue weighted by molar-refractivity contribution is 0.642. The molecule has 0 radical (unpaired) electrons. The average molecular weight is 219 g/mol. The van der Waals surface area contributed by atoms with Gasteiger partial charge in [-0.2, -0.15) is 4.98 Å². The number of rotatable bonds is 5. The SMILES string of the molecule is CCCC(CN)Nc1nc2ccccn2n1. The summed E-state index contributed by atoms with van der Waals surface area (Å²) in [4.78, 5) is 4.37. The van der Waals surface area contributed by atoms with Crippen LogP contribution in [0.4, 0.5) is 5.95 Å². The maximum Gasteiger partial charge on any atom is 0.243 e. The van der Waals surface area contributed by atoms with E-state index >= 15 is 0 Å². The van der Waals surface area contributed by atoms with Crippen molar-refractivity contribution in [1.29, 1.82) is 0 Å². The highest BCUT2D eigenvalue weighted by molar-refractivity contribution is 5.43. The summed E-state index contributed by atoms with van der Waals surface area (Å²) in [6.07, 6.45) is 4.01. The molecule has 16 heavy (non-hydrogen) atoms. The first-order chi connectivity index (χ1) is 7.83. The number of pyridine rings is 1. The summed E-state index contributed by atoms with van der Waals surface area (Å²) in [6.45, 7) is 2.74. The maximum absolute atomic E-state index is 5.68.